The fourth-order valence-electron chi connectivity index (χ4n) is 9.24. The molecular formula is C46H63F3N8O8S. The van der Waals surface area contributed by atoms with Crippen LogP contribution in [0, 0.1) is 5.41 Å². The van der Waals surface area contributed by atoms with Crippen LogP contribution in [-0.2, 0) is 43.2 Å². The van der Waals surface area contributed by atoms with Crippen molar-refractivity contribution in [2.24, 2.45) is 10.4 Å². The van der Waals surface area contributed by atoms with Crippen LogP contribution in [-0.4, -0.2) is 160 Å². The average molecular weight is 945 g/mol. The predicted octanol–water partition coefficient (Wildman–Crippen LogP) is 5.51. The first-order valence-corrected chi connectivity index (χ1v) is 23.4. The summed E-state index contributed by atoms with van der Waals surface area (Å²) < 4.78 is 63.0. The molecule has 6 heterocycles. The van der Waals surface area contributed by atoms with Gasteiger partial charge in [0.2, 0.25) is 0 Å². The molecule has 0 saturated carbocycles. The van der Waals surface area contributed by atoms with Crippen LogP contribution in [0.25, 0.3) is 27.7 Å². The molecule has 4 aliphatic heterocycles. The molecule has 7 rings (SSSR count). The highest BCUT2D eigenvalue weighted by molar-refractivity contribution is 7.10. The number of morpholine rings is 1. The molecule has 2 aromatic heterocycles. The zero-order valence-electron chi connectivity index (χ0n) is 38.7. The molecule has 4 aliphatic rings. The lowest BCUT2D eigenvalue weighted by molar-refractivity contribution is -0.147. The number of aromatic nitrogens is 2. The number of aliphatic carboxylic acids is 1. The molecule has 0 bridgehead atoms. The van der Waals surface area contributed by atoms with E-state index in [1.54, 1.807) is 45.4 Å². The highest BCUT2D eigenvalue weighted by Crippen LogP contribution is 2.43. The molecule has 2 amide bonds. The number of alkyl halides is 3. The van der Waals surface area contributed by atoms with Gasteiger partial charge in [-0.1, -0.05) is 19.9 Å². The number of aliphatic hydroxyl groups is 1. The number of piperazine rings is 1. The summed E-state index contributed by atoms with van der Waals surface area (Å²) in [6.07, 6.45) is -2.71. The fraction of sp³-hybridized carbons (Fsp3) is 0.630. The van der Waals surface area contributed by atoms with Crippen LogP contribution in [0.2, 0.25) is 0 Å². The number of hydrogen-bond acceptors (Lipinski definition) is 13. The lowest BCUT2D eigenvalue weighted by Crippen LogP contribution is -2.60. The smallest absolute Gasteiger partial charge is 0.408 e. The molecule has 16 nitrogen and oxygen atoms in total. The van der Waals surface area contributed by atoms with Gasteiger partial charge in [0.1, 0.15) is 24.2 Å². The third kappa shape index (κ3) is 11.6. The van der Waals surface area contributed by atoms with Crippen LogP contribution in [0.5, 0.6) is 0 Å². The third-order valence-electron chi connectivity index (χ3n) is 12.6. The van der Waals surface area contributed by atoms with Gasteiger partial charge in [-0.3, -0.25) is 29.4 Å². The molecule has 66 heavy (non-hydrogen) atoms. The van der Waals surface area contributed by atoms with Crippen molar-refractivity contribution in [1.29, 1.82) is 0 Å². The minimum Gasteiger partial charge on any atom is -0.480 e. The lowest BCUT2D eigenvalue weighted by atomic mass is 9.83. The number of benzene rings is 1. The van der Waals surface area contributed by atoms with Gasteiger partial charge in [-0.15, -0.1) is 11.3 Å². The summed E-state index contributed by atoms with van der Waals surface area (Å²) in [7, 11) is 1.56. The Morgan fingerprint density at radius 2 is 1.85 bits per heavy atom. The van der Waals surface area contributed by atoms with Crippen molar-refractivity contribution < 1.29 is 52.0 Å². The van der Waals surface area contributed by atoms with Crippen LogP contribution in [0.1, 0.15) is 77.1 Å². The van der Waals surface area contributed by atoms with Crippen molar-refractivity contribution in [2.45, 2.75) is 122 Å². The number of fused-ring (bicyclic) bond motifs is 2. The quantitative estimate of drug-likeness (QED) is 0.159. The second-order valence-electron chi connectivity index (χ2n) is 19.5. The SMILES string of the molecule is CO[C@@H](C)C1=C(c2c(CC(C)(C)CO)c3cc(-c4csc(C[C@H](NC(=O)OC(C)(C)C)C(=O)N5CCC[C@@H](C(=O)O)N5)n4)ccc3n2CC(F)(F)F)CC(N2CCN3CCOC[C@@H]3C2)C=N1. The Morgan fingerprint density at radius 1 is 1.09 bits per heavy atom. The first kappa shape index (κ1) is 49.5. The molecule has 3 aromatic rings. The molecule has 362 valence electrons. The van der Waals surface area contributed by atoms with Gasteiger partial charge in [0.05, 0.1) is 41.4 Å². The first-order valence-electron chi connectivity index (χ1n) is 22.6. The maximum atomic E-state index is 14.9. The maximum Gasteiger partial charge on any atom is 0.408 e. The predicted molar refractivity (Wildman–Crippen MR) is 244 cm³/mol. The Bertz CT molecular complexity index is 2320. The minimum absolute atomic E-state index is 0.0535. The van der Waals surface area contributed by atoms with Gasteiger partial charge in [-0.05, 0) is 76.5 Å². The summed E-state index contributed by atoms with van der Waals surface area (Å²) in [4.78, 5) is 53.4. The van der Waals surface area contributed by atoms with Crippen LogP contribution in [0.4, 0.5) is 18.0 Å². The summed E-state index contributed by atoms with van der Waals surface area (Å²) in [5.74, 6) is -1.66. The monoisotopic (exact) mass is 944 g/mol. The van der Waals surface area contributed by atoms with Crippen molar-refractivity contribution >= 4 is 52.0 Å². The summed E-state index contributed by atoms with van der Waals surface area (Å²) >= 11 is 1.24. The summed E-state index contributed by atoms with van der Waals surface area (Å²) in [5.41, 5.74) is 4.91. The zero-order chi connectivity index (χ0) is 47.7. The van der Waals surface area contributed by atoms with Crippen LogP contribution >= 0.6 is 11.3 Å². The Labute approximate surface area is 387 Å². The van der Waals surface area contributed by atoms with E-state index in [1.807, 2.05) is 33.1 Å². The van der Waals surface area contributed by atoms with Gasteiger partial charge in [0.15, 0.2) is 0 Å². The van der Waals surface area contributed by atoms with Crippen LogP contribution in [0.15, 0.2) is 34.3 Å². The molecule has 0 radical (unpaired) electrons. The molecule has 20 heteroatoms. The number of nitrogens with zero attached hydrogens (tertiary/aromatic N) is 6. The van der Waals surface area contributed by atoms with Crippen molar-refractivity contribution in [3.05, 3.63) is 45.5 Å². The molecular weight excluding hydrogens is 882 g/mol. The van der Waals surface area contributed by atoms with Crippen molar-refractivity contribution in [1.82, 2.24) is 35.1 Å². The molecule has 0 aliphatic carbocycles. The largest absolute Gasteiger partial charge is 0.480 e. The number of carbonyl (C=O) groups excluding carboxylic acids is 2. The van der Waals surface area contributed by atoms with E-state index in [2.05, 4.69) is 20.5 Å². The number of thiazole rings is 1. The maximum absolute atomic E-state index is 14.9. The van der Waals surface area contributed by atoms with Gasteiger partial charge in [-0.2, -0.15) is 13.2 Å². The van der Waals surface area contributed by atoms with E-state index in [0.717, 1.165) is 26.2 Å². The van der Waals surface area contributed by atoms with Crippen LogP contribution in [0.3, 0.4) is 0 Å². The van der Waals surface area contributed by atoms with Crippen LogP contribution < -0.4 is 10.7 Å². The van der Waals surface area contributed by atoms with E-state index in [-0.39, 0.29) is 38.1 Å². The normalized spacial score (nSPS) is 22.3. The number of aliphatic imine (C=N–C) groups is 1. The van der Waals surface area contributed by atoms with Gasteiger partial charge in [-0.25, -0.2) is 15.2 Å². The third-order valence-corrected chi connectivity index (χ3v) is 13.5. The average Bonchev–Trinajstić information content (AvgIpc) is 3.85. The van der Waals surface area contributed by atoms with Crippen molar-refractivity contribution in [3.63, 3.8) is 0 Å². The lowest BCUT2D eigenvalue weighted by Gasteiger charge is -2.46. The molecule has 1 unspecified atom stereocenters. The second-order valence-corrected chi connectivity index (χ2v) is 20.4. The summed E-state index contributed by atoms with van der Waals surface area (Å²) in [6.45, 7) is 14.0. The number of rotatable bonds is 14. The van der Waals surface area contributed by atoms with E-state index < -0.39 is 59.9 Å². The number of nitrogens with one attached hydrogen (secondary N) is 2. The second kappa shape index (κ2) is 20.0. The molecule has 5 atom stereocenters. The molecule has 3 fully saturated rings. The minimum atomic E-state index is -4.59. The number of carbonyl (C=O) groups is 3. The zero-order valence-corrected chi connectivity index (χ0v) is 39.6. The number of methoxy groups -OCH3 is 1. The summed E-state index contributed by atoms with van der Waals surface area (Å²) in [6, 6.07) is 3.11. The van der Waals surface area contributed by atoms with Gasteiger partial charge < -0.3 is 34.3 Å². The van der Waals surface area contributed by atoms with E-state index in [1.165, 1.54) is 20.9 Å². The number of carboxylic acids is 1. The molecule has 3 saturated heterocycles. The number of hydrazine groups is 1. The summed E-state index contributed by atoms with van der Waals surface area (Å²) in [5, 5.41) is 27.0. The van der Waals surface area contributed by atoms with Gasteiger partial charge in [0.25, 0.3) is 5.91 Å². The Morgan fingerprint density at radius 3 is 2.55 bits per heavy atom. The first-order chi connectivity index (χ1) is 31.1. The van der Waals surface area contributed by atoms with Crippen molar-refractivity contribution in [3.8, 4) is 11.3 Å². The van der Waals surface area contributed by atoms with Gasteiger partial charge in [0, 0.05) is 98.6 Å². The van der Waals surface area contributed by atoms with Crippen molar-refractivity contribution in [2.75, 3.05) is 59.7 Å². The standard InChI is InChI=1S/C46H63F3N8O8S/c1-27(63-7)39-32(18-29(21-50-39)55-14-13-54-15-16-64-23-30(54)22-55)40-33(20-45(5,6)26-58)31-17-28(10-11-37(31)56(40)25-46(47,48)49)36-24-66-38(51-36)19-35(52-43(62)65-44(2,3)4)41(59)57-12-8-9-34(53-57)42(60)61/h10-11,17,21,24,27,29-30,34-35,53,58H,8-9,12-16,18-20,22-23,25-26H2,1-7H3,(H,52,62)(H,60,61)/t27-,29?,30-,34-,35-/m0/s1. The molecule has 0 spiro atoms. The highest BCUT2D eigenvalue weighted by Gasteiger charge is 2.39. The Kier molecular flexibility index (Phi) is 15.0. The number of amides is 2. The molecule has 4 N–H and O–H groups in total. The van der Waals surface area contributed by atoms with E-state index in [0.29, 0.717) is 82.2 Å². The highest BCUT2D eigenvalue weighted by atomic mass is 32.1. The Balaban J connectivity index is 1.28. The number of alkyl carbamates (subject to hydrolysis) is 1. The topological polar surface area (TPSA) is 183 Å². The Hall–Kier alpha value is -4.44. The fourth-order valence-corrected chi connectivity index (χ4v) is 10.1. The van der Waals surface area contributed by atoms with E-state index in [9.17, 15) is 37.8 Å². The number of carboxylic acid groups (broad SMARTS) is 1. The van der Waals surface area contributed by atoms with E-state index >= 15 is 0 Å². The number of halogens is 3. The van der Waals surface area contributed by atoms with E-state index in [4.69, 9.17) is 24.2 Å². The number of aliphatic hydroxyl groups excluding tert-OH is 1. The number of hydrogen-bond donors (Lipinski definition) is 4. The molecule has 1 aromatic carbocycles. The van der Waals surface area contributed by atoms with Gasteiger partial charge >= 0.3 is 18.2 Å². The number of ether oxygens (including phenoxy) is 3.